The summed E-state index contributed by atoms with van der Waals surface area (Å²) in [4.78, 5) is 8.50. The van der Waals surface area contributed by atoms with Crippen molar-refractivity contribution in [3.8, 4) is 0 Å². The molecule has 0 heterocycles. The van der Waals surface area contributed by atoms with Crippen molar-refractivity contribution in [1.29, 1.82) is 0 Å². The maximum atomic E-state index is 9.08. The minimum absolute atomic E-state index is 0.588. The molecule has 28 valence electrons. The van der Waals surface area contributed by atoms with Gasteiger partial charge in [0.25, 0.3) is 0 Å². The summed E-state index contributed by atoms with van der Waals surface area (Å²) in [5, 5.41) is 9.08. The normalized spacial score (nSPS) is 6.40. The molecule has 0 saturated carbocycles. The van der Waals surface area contributed by atoms with Crippen LogP contribution in [0.15, 0.2) is 0 Å². The van der Waals surface area contributed by atoms with Crippen molar-refractivity contribution in [1.82, 2.24) is 0 Å². The predicted molar refractivity (Wildman–Crippen MR) is 12.0 cm³/mol. The minimum atomic E-state index is -0.588. The van der Waals surface area contributed by atoms with Gasteiger partial charge in [0, 0.05) is 0 Å². The molecule has 0 aromatic heterocycles. The molecule has 0 aliphatic rings. The van der Waals surface area contributed by atoms with Crippen LogP contribution < -0.4 is 0 Å². The maximum absolute atomic E-state index is 9.08. The molecule has 0 saturated heterocycles. The van der Waals surface area contributed by atoms with E-state index < -0.39 is 4.92 Å². The van der Waals surface area contributed by atoms with Crippen LogP contribution in [0.25, 0.3) is 0 Å². The van der Waals surface area contributed by atoms with Gasteiger partial charge in [-0.25, -0.2) is 0 Å². The Morgan fingerprint density at radius 2 is 2.20 bits per heavy atom. The summed E-state index contributed by atoms with van der Waals surface area (Å²) in [5.41, 5.74) is 0. The first-order chi connectivity index (χ1) is 2.27. The van der Waals surface area contributed by atoms with E-state index in [2.05, 4.69) is 0 Å². The van der Waals surface area contributed by atoms with Gasteiger partial charge < -0.3 is 0 Å². The standard InChI is InChI=1S/CNO2.W/c1-2(3)4;/q-1;. The SMILES string of the molecule is O=[N+]([O-])[C-]=[W]. The predicted octanol–water partition coefficient (Wildman–Crippen LogP) is -0.553. The monoisotopic (exact) mass is 242 g/mol. The Labute approximate surface area is 39.5 Å². The van der Waals surface area contributed by atoms with E-state index in [1.165, 1.54) is 0 Å². The molecular weight excluding hydrogens is 242 g/mol. The van der Waals surface area contributed by atoms with Crippen LogP contribution >= 0.6 is 0 Å². The second-order valence-corrected chi connectivity index (χ2v) is 1.00. The average Bonchev–Trinajstić information content (AvgIpc) is 1.38. The van der Waals surface area contributed by atoms with Gasteiger partial charge >= 0.3 is 38.9 Å². The number of nitro groups is 1. The van der Waals surface area contributed by atoms with E-state index >= 15 is 0 Å². The molecule has 0 rings (SSSR count). The zero-order valence-corrected chi connectivity index (χ0v) is 5.11. The summed E-state index contributed by atoms with van der Waals surface area (Å²) < 4.78 is 1.83. The molecule has 0 unspecified atom stereocenters. The van der Waals surface area contributed by atoms with Crippen molar-refractivity contribution in [2.75, 3.05) is 0 Å². The van der Waals surface area contributed by atoms with E-state index in [0.717, 1.165) is 19.4 Å². The molecule has 0 spiro atoms. The molecule has 0 aliphatic carbocycles. The fourth-order valence-corrected chi connectivity index (χ4v) is 0. The van der Waals surface area contributed by atoms with Crippen LogP contribution in [0.1, 0.15) is 0 Å². The quantitative estimate of drug-likeness (QED) is 0.268. The van der Waals surface area contributed by atoms with Crippen molar-refractivity contribution < 1.29 is 24.3 Å². The van der Waals surface area contributed by atoms with Gasteiger partial charge in [0.2, 0.25) is 0 Å². The number of nitrogens with zero attached hydrogens (tertiary/aromatic N) is 1. The Morgan fingerprint density at radius 3 is 2.20 bits per heavy atom. The summed E-state index contributed by atoms with van der Waals surface area (Å²) in [7, 11) is 0. The first-order valence-electron chi connectivity index (χ1n) is 0.793. The topological polar surface area (TPSA) is 43.1 Å². The summed E-state index contributed by atoms with van der Waals surface area (Å²) >= 11 is 0.755. The Kier molecular flexibility index (Phi) is 2.19. The molecule has 5 heavy (non-hydrogen) atoms. The molecule has 0 fully saturated rings. The van der Waals surface area contributed by atoms with Crippen LogP contribution in [0.5, 0.6) is 0 Å². The van der Waals surface area contributed by atoms with Gasteiger partial charge in [0.15, 0.2) is 0 Å². The Hall–Kier alpha value is -0.0417. The average molecular weight is 242 g/mol. The van der Waals surface area contributed by atoms with Crippen LogP contribution in [0.3, 0.4) is 0 Å². The van der Waals surface area contributed by atoms with Crippen molar-refractivity contribution in [2.24, 2.45) is 0 Å². The van der Waals surface area contributed by atoms with E-state index in [0.29, 0.717) is 0 Å². The molecule has 4 heteroatoms. The summed E-state index contributed by atoms with van der Waals surface area (Å²) in [6.07, 6.45) is 0. The summed E-state index contributed by atoms with van der Waals surface area (Å²) in [5.74, 6) is 0. The van der Waals surface area contributed by atoms with E-state index in [9.17, 15) is 0 Å². The molecule has 0 bridgehead atoms. The fourth-order valence-electron chi connectivity index (χ4n) is 0. The third-order valence-electron chi connectivity index (χ3n) is 0.0745. The van der Waals surface area contributed by atoms with Gasteiger partial charge in [-0.2, -0.15) is 0 Å². The van der Waals surface area contributed by atoms with E-state index in [4.69, 9.17) is 10.1 Å². The molecule has 0 aliphatic heterocycles. The van der Waals surface area contributed by atoms with Gasteiger partial charge in [0.05, 0.1) is 0 Å². The van der Waals surface area contributed by atoms with Gasteiger partial charge in [-0.15, -0.1) is 0 Å². The van der Waals surface area contributed by atoms with Crippen LogP contribution in [0, 0.1) is 10.1 Å². The van der Waals surface area contributed by atoms with Crippen molar-refractivity contribution >= 4 is 4.52 Å². The van der Waals surface area contributed by atoms with Crippen LogP contribution in [0.4, 0.5) is 0 Å². The number of hydrogen-bond donors (Lipinski definition) is 0. The summed E-state index contributed by atoms with van der Waals surface area (Å²) in [6.45, 7) is 0. The molecule has 3 nitrogen and oxygen atoms in total. The van der Waals surface area contributed by atoms with E-state index in [1.807, 2.05) is 4.52 Å². The van der Waals surface area contributed by atoms with Crippen molar-refractivity contribution in [3.63, 3.8) is 0 Å². The van der Waals surface area contributed by atoms with Gasteiger partial charge in [-0.05, 0) is 0 Å². The first-order valence-corrected chi connectivity index (χ1v) is 2.26. The Balaban J connectivity index is 3.20. The molecule has 0 N–H and O–H groups in total. The second kappa shape index (κ2) is 2.21. The number of hydrogen-bond acceptors (Lipinski definition) is 2. The van der Waals surface area contributed by atoms with Crippen molar-refractivity contribution in [2.45, 2.75) is 0 Å². The van der Waals surface area contributed by atoms with Gasteiger partial charge in [-0.3, -0.25) is 0 Å². The fraction of sp³-hybridized carbons (Fsp3) is 0. The third kappa shape index (κ3) is 3.96. The van der Waals surface area contributed by atoms with Crippen LogP contribution in [0.2, 0.25) is 0 Å². The van der Waals surface area contributed by atoms with Crippen molar-refractivity contribution in [3.05, 3.63) is 10.1 Å². The second-order valence-electron chi connectivity index (χ2n) is 0.348. The molecule has 0 aromatic rings. The van der Waals surface area contributed by atoms with Gasteiger partial charge in [-0.1, -0.05) is 0 Å². The van der Waals surface area contributed by atoms with E-state index in [-0.39, 0.29) is 0 Å². The van der Waals surface area contributed by atoms with Crippen LogP contribution in [-0.2, 0) is 19.4 Å². The summed E-state index contributed by atoms with van der Waals surface area (Å²) in [6, 6.07) is 0. The molecular formula is CNO2W-. The third-order valence-corrected chi connectivity index (χ3v) is 0.610. The van der Waals surface area contributed by atoms with Gasteiger partial charge in [0.1, 0.15) is 0 Å². The number of rotatable bonds is 1. The van der Waals surface area contributed by atoms with E-state index in [1.54, 1.807) is 0 Å². The zero-order chi connectivity index (χ0) is 4.28. The van der Waals surface area contributed by atoms with Crippen LogP contribution in [-0.4, -0.2) is 9.45 Å². The zero-order valence-electron chi connectivity index (χ0n) is 2.17. The Morgan fingerprint density at radius 1 is 2.00 bits per heavy atom. The Bertz CT molecular complexity index is 60.7. The molecule has 0 atom stereocenters. The molecule has 0 radical (unpaired) electrons. The molecule has 0 amide bonds. The molecule has 0 aromatic carbocycles. The first kappa shape index (κ1) is 4.96.